The number of fused-ring (bicyclic) bond motifs is 2. The molecule has 0 aromatic carbocycles. The first-order valence-corrected chi connectivity index (χ1v) is 24.4. The summed E-state index contributed by atoms with van der Waals surface area (Å²) >= 11 is 0. The summed E-state index contributed by atoms with van der Waals surface area (Å²) in [6.45, 7) is 13.0. The van der Waals surface area contributed by atoms with Gasteiger partial charge in [-0.2, -0.15) is 0 Å². The van der Waals surface area contributed by atoms with Crippen molar-refractivity contribution in [1.82, 2.24) is 0 Å². The maximum Gasteiger partial charge on any atom is 0.187 e. The van der Waals surface area contributed by atoms with Crippen molar-refractivity contribution in [2.75, 3.05) is 19.8 Å². The third kappa shape index (κ3) is 7.22. The third-order valence-electron chi connectivity index (χ3n) is 19.9. The molecule has 9 fully saturated rings. The molecule has 0 aromatic rings. The number of aliphatic hydroxyl groups is 12. The molecule has 66 heavy (non-hydrogen) atoms. The van der Waals surface area contributed by atoms with Crippen molar-refractivity contribution in [3.05, 3.63) is 0 Å². The highest BCUT2D eigenvalue weighted by Gasteiger charge is 2.85. The van der Waals surface area contributed by atoms with E-state index in [0.29, 0.717) is 32.1 Å². The van der Waals surface area contributed by atoms with E-state index < -0.39 is 151 Å². The Kier molecular flexibility index (Phi) is 12.9. The molecule has 26 atom stereocenters. The first-order valence-electron chi connectivity index (χ1n) is 24.4. The maximum absolute atomic E-state index is 12.5. The lowest BCUT2D eigenvalue weighted by Crippen LogP contribution is -2.65. The SMILES string of the molecule is CC(C)(O[C@@H]1O[C@H](CO)[C@@H](O)[C@@H](O)[C@@H]1O)[C@@H]1CC[C@@](C)([C@H]2[C@@H](O)C[C@@]3(C)[C@H]4C[C@H](O[C@H]5O[C@@H](CO)[C@H](O)[C@H](O)[C@@H]5O)[C@@H]5C(C)(C)[C@H](O[C@@H]6OC[C@@H](O)[C@H](O)[C@@H]6O)CC[C@@]56C[C@@]46CC[C@]23C)O1. The fraction of sp³-hybridized carbons (Fsp3) is 1.00. The molecule has 0 amide bonds. The van der Waals surface area contributed by atoms with E-state index in [1.54, 1.807) is 0 Å². The Bertz CT molecular complexity index is 1770. The standard InChI is InChI=1S/C47H78O19/c1-41(2)26(64-38-33(57)28(52)21(51)18-60-38)9-11-47-19-46(47)13-12-43(5)36(45(7)10-8-27(65-45)42(3,4)66-40-35(59)32(56)30(54)24(17-49)63-40)20(50)15-44(43,6)25(46)14-22(37(41)47)61-39-34(58)31(55)29(53)23(16-48)62-39/h20-40,48-59H,8-19H2,1-7H3/t20-,21+,22-,23-,24+,25+,26+,27-,28-,29-,30+,31-,32+,33-,34-,35-,36-,37+,38-,39-,40-,43+,44-,45-,46-,47+/m0/s1. The molecule has 9 rings (SSSR count). The second kappa shape index (κ2) is 16.9. The van der Waals surface area contributed by atoms with Gasteiger partial charge < -0.3 is 94.4 Å². The van der Waals surface area contributed by atoms with Crippen LogP contribution in [0, 0.1) is 44.8 Å². The second-order valence-corrected chi connectivity index (χ2v) is 23.8. The molecular weight excluding hydrogens is 868 g/mol. The summed E-state index contributed by atoms with van der Waals surface area (Å²) in [6, 6.07) is 0. The van der Waals surface area contributed by atoms with Crippen LogP contribution >= 0.6 is 0 Å². The van der Waals surface area contributed by atoms with Crippen LogP contribution in [0.5, 0.6) is 0 Å². The number of aliphatic hydroxyl groups excluding tert-OH is 12. The molecule has 5 saturated carbocycles. The Morgan fingerprint density at radius 2 is 1.20 bits per heavy atom. The van der Waals surface area contributed by atoms with Gasteiger partial charge >= 0.3 is 0 Å². The zero-order chi connectivity index (χ0) is 48.1. The van der Waals surface area contributed by atoms with Gasteiger partial charge in [-0.15, -0.1) is 0 Å². The molecule has 19 nitrogen and oxygen atoms in total. The first-order chi connectivity index (χ1) is 30.8. The molecule has 0 radical (unpaired) electrons. The molecule has 4 saturated heterocycles. The number of ether oxygens (including phenoxy) is 7. The van der Waals surface area contributed by atoms with Gasteiger partial charge in [0.2, 0.25) is 0 Å². The fourth-order valence-corrected chi connectivity index (χ4v) is 16.4. The Labute approximate surface area is 386 Å². The molecule has 2 spiro atoms. The molecule has 12 N–H and O–H groups in total. The van der Waals surface area contributed by atoms with Gasteiger partial charge in [-0.1, -0.05) is 27.7 Å². The Balaban J connectivity index is 1.01. The zero-order valence-corrected chi connectivity index (χ0v) is 39.3. The Morgan fingerprint density at radius 1 is 0.591 bits per heavy atom. The van der Waals surface area contributed by atoms with E-state index in [9.17, 15) is 61.3 Å². The van der Waals surface area contributed by atoms with E-state index in [0.717, 1.165) is 25.7 Å². The van der Waals surface area contributed by atoms with Crippen LogP contribution in [0.25, 0.3) is 0 Å². The van der Waals surface area contributed by atoms with Crippen molar-refractivity contribution in [1.29, 1.82) is 0 Å². The molecule has 5 aliphatic carbocycles. The highest BCUT2D eigenvalue weighted by molar-refractivity contribution is 5.33. The van der Waals surface area contributed by atoms with E-state index in [-0.39, 0.29) is 35.2 Å². The van der Waals surface area contributed by atoms with E-state index >= 15 is 0 Å². The van der Waals surface area contributed by atoms with Crippen molar-refractivity contribution < 1.29 is 94.4 Å². The predicted molar refractivity (Wildman–Crippen MR) is 226 cm³/mol. The molecular formula is C47H78O19. The minimum atomic E-state index is -1.65. The average molecular weight is 947 g/mol. The summed E-state index contributed by atoms with van der Waals surface area (Å²) in [4.78, 5) is 0. The van der Waals surface area contributed by atoms with Crippen molar-refractivity contribution in [3.8, 4) is 0 Å². The van der Waals surface area contributed by atoms with Crippen molar-refractivity contribution in [2.45, 2.75) is 228 Å². The Morgan fingerprint density at radius 3 is 1.83 bits per heavy atom. The van der Waals surface area contributed by atoms with Crippen molar-refractivity contribution >= 4 is 0 Å². The van der Waals surface area contributed by atoms with Gasteiger partial charge in [0.1, 0.15) is 67.1 Å². The summed E-state index contributed by atoms with van der Waals surface area (Å²) in [5, 5.41) is 129. The molecule has 0 aromatic heterocycles. The van der Waals surface area contributed by atoms with E-state index in [2.05, 4.69) is 34.6 Å². The van der Waals surface area contributed by atoms with Crippen LogP contribution in [-0.4, -0.2) is 203 Å². The minimum absolute atomic E-state index is 0.00898. The van der Waals surface area contributed by atoms with Crippen LogP contribution in [0.4, 0.5) is 0 Å². The van der Waals surface area contributed by atoms with Crippen molar-refractivity contribution in [2.24, 2.45) is 44.8 Å². The van der Waals surface area contributed by atoms with Gasteiger partial charge in [-0.25, -0.2) is 0 Å². The summed E-state index contributed by atoms with van der Waals surface area (Å²) in [5.74, 6) is -0.523. The quantitative estimate of drug-likeness (QED) is 0.112. The fourth-order valence-electron chi connectivity index (χ4n) is 16.4. The topological polar surface area (TPSA) is 307 Å². The molecule has 380 valence electrons. The van der Waals surface area contributed by atoms with Crippen LogP contribution in [0.2, 0.25) is 0 Å². The summed E-state index contributed by atoms with van der Waals surface area (Å²) in [6.07, 6.45) is -16.3. The lowest BCUT2D eigenvalue weighted by Gasteiger charge is -2.65. The first kappa shape index (κ1) is 50.2. The largest absolute Gasteiger partial charge is 0.394 e. The van der Waals surface area contributed by atoms with E-state index in [1.807, 2.05) is 13.8 Å². The number of hydrogen-bond donors (Lipinski definition) is 12. The highest BCUT2D eigenvalue weighted by Crippen LogP contribution is 2.89. The maximum atomic E-state index is 12.5. The zero-order valence-electron chi connectivity index (χ0n) is 39.3. The van der Waals surface area contributed by atoms with E-state index in [1.165, 1.54) is 0 Å². The summed E-state index contributed by atoms with van der Waals surface area (Å²) < 4.78 is 44.3. The van der Waals surface area contributed by atoms with Gasteiger partial charge in [0, 0.05) is 5.92 Å². The smallest absolute Gasteiger partial charge is 0.187 e. The summed E-state index contributed by atoms with van der Waals surface area (Å²) in [7, 11) is 0. The van der Waals surface area contributed by atoms with Gasteiger partial charge in [0.25, 0.3) is 0 Å². The highest BCUT2D eigenvalue weighted by atomic mass is 16.7. The monoisotopic (exact) mass is 947 g/mol. The molecule has 9 aliphatic rings. The van der Waals surface area contributed by atoms with Crippen molar-refractivity contribution in [3.63, 3.8) is 0 Å². The summed E-state index contributed by atoms with van der Waals surface area (Å²) in [5.41, 5.74) is -3.88. The van der Waals surface area contributed by atoms with Gasteiger partial charge in [-0.3, -0.25) is 0 Å². The number of rotatable bonds is 10. The lowest BCUT2D eigenvalue weighted by atomic mass is 9.41. The molecule has 0 bridgehead atoms. The van der Waals surface area contributed by atoms with Crippen LogP contribution < -0.4 is 0 Å². The van der Waals surface area contributed by atoms with Crippen LogP contribution in [-0.2, 0) is 33.2 Å². The van der Waals surface area contributed by atoms with Crippen LogP contribution in [0.15, 0.2) is 0 Å². The van der Waals surface area contributed by atoms with Gasteiger partial charge in [0.15, 0.2) is 18.9 Å². The van der Waals surface area contributed by atoms with Crippen LogP contribution in [0.3, 0.4) is 0 Å². The predicted octanol–water partition coefficient (Wildman–Crippen LogP) is -1.45. The van der Waals surface area contributed by atoms with Gasteiger partial charge in [-0.05, 0) is 117 Å². The second-order valence-electron chi connectivity index (χ2n) is 23.8. The van der Waals surface area contributed by atoms with Gasteiger partial charge in [0.05, 0.1) is 55.4 Å². The molecule has 0 unspecified atom stereocenters. The van der Waals surface area contributed by atoms with Crippen LogP contribution in [0.1, 0.15) is 106 Å². The van der Waals surface area contributed by atoms with E-state index in [4.69, 9.17) is 33.2 Å². The average Bonchev–Trinajstić information content (AvgIpc) is 3.63. The molecule has 4 heterocycles. The Hall–Kier alpha value is -0.760. The third-order valence-corrected chi connectivity index (χ3v) is 19.9. The normalized spacial score (nSPS) is 58.0. The minimum Gasteiger partial charge on any atom is -0.394 e. The molecule has 19 heteroatoms. The lowest BCUT2D eigenvalue weighted by molar-refractivity contribution is -0.339. The molecule has 4 aliphatic heterocycles. The number of hydrogen-bond acceptors (Lipinski definition) is 19.